The smallest absolute Gasteiger partial charge is 0.411 e. The van der Waals surface area contributed by atoms with Crippen LogP contribution < -0.4 is 20.1 Å². The number of aromatic nitrogens is 2. The Morgan fingerprint density at radius 3 is 2.41 bits per heavy atom. The van der Waals surface area contributed by atoms with Gasteiger partial charge in [-0.15, -0.1) is 0 Å². The van der Waals surface area contributed by atoms with Gasteiger partial charge in [0.2, 0.25) is 0 Å². The number of nitrogens with one attached hydrogen (secondary N) is 2. The van der Waals surface area contributed by atoms with Crippen LogP contribution in [0.1, 0.15) is 34.7 Å². The minimum absolute atomic E-state index is 0.251. The minimum atomic E-state index is -0.584. The van der Waals surface area contributed by atoms with Gasteiger partial charge in [-0.05, 0) is 42.8 Å². The first-order chi connectivity index (χ1) is 15.4. The molecule has 3 rings (SSSR count). The summed E-state index contributed by atoms with van der Waals surface area (Å²) in [5.41, 5.74) is 1.56. The molecule has 0 radical (unpaired) electrons. The van der Waals surface area contributed by atoms with Crippen LogP contribution in [0.2, 0.25) is 0 Å². The fraction of sp³-hybridized carbons (Fsp3) is 0.261. The second kappa shape index (κ2) is 10.3. The van der Waals surface area contributed by atoms with E-state index in [1.807, 2.05) is 23.7 Å². The number of imidazole rings is 1. The maximum atomic E-state index is 13.2. The molecule has 1 aromatic heterocycles. The summed E-state index contributed by atoms with van der Waals surface area (Å²) in [4.78, 5) is 29.3. The topological polar surface area (TPSA) is 104 Å². The molecule has 1 heterocycles. The number of anilines is 1. The molecule has 2 amide bonds. The average molecular weight is 438 g/mol. The van der Waals surface area contributed by atoms with E-state index >= 15 is 0 Å². The summed E-state index contributed by atoms with van der Waals surface area (Å²) in [6.45, 7) is 1.97. The van der Waals surface area contributed by atoms with Crippen molar-refractivity contribution >= 4 is 17.7 Å². The van der Waals surface area contributed by atoms with Gasteiger partial charge in [0.15, 0.2) is 0 Å². The van der Waals surface area contributed by atoms with Crippen LogP contribution in [0.25, 0.3) is 0 Å². The molecular formula is C23H26N4O5. The van der Waals surface area contributed by atoms with Crippen LogP contribution in [0, 0.1) is 0 Å². The van der Waals surface area contributed by atoms with E-state index in [2.05, 4.69) is 15.6 Å². The molecule has 0 aliphatic heterocycles. The molecule has 2 aromatic carbocycles. The fourth-order valence-electron chi connectivity index (χ4n) is 3.19. The van der Waals surface area contributed by atoms with E-state index in [1.54, 1.807) is 63.9 Å². The Kier molecular flexibility index (Phi) is 7.33. The second-order valence-electron chi connectivity index (χ2n) is 6.88. The highest BCUT2D eigenvalue weighted by Gasteiger charge is 2.23. The van der Waals surface area contributed by atoms with Crippen molar-refractivity contribution in [3.05, 3.63) is 71.8 Å². The summed E-state index contributed by atoms with van der Waals surface area (Å²) in [7, 11) is 4.98. The third-order valence-electron chi connectivity index (χ3n) is 4.75. The third kappa shape index (κ3) is 5.37. The number of nitrogens with zero attached hydrogens (tertiary/aromatic N) is 2. The van der Waals surface area contributed by atoms with Crippen molar-refractivity contribution in [1.82, 2.24) is 14.9 Å². The van der Waals surface area contributed by atoms with Crippen molar-refractivity contribution in [3.63, 3.8) is 0 Å². The molecule has 0 saturated heterocycles. The van der Waals surface area contributed by atoms with Crippen LogP contribution in [0.5, 0.6) is 11.5 Å². The molecule has 0 aliphatic rings. The van der Waals surface area contributed by atoms with E-state index in [0.717, 1.165) is 5.56 Å². The van der Waals surface area contributed by atoms with E-state index < -0.39 is 12.1 Å². The quantitative estimate of drug-likeness (QED) is 0.558. The predicted molar refractivity (Wildman–Crippen MR) is 119 cm³/mol. The minimum Gasteiger partial charge on any atom is -0.497 e. The first-order valence-electron chi connectivity index (χ1n) is 10.00. The van der Waals surface area contributed by atoms with Crippen LogP contribution in [0.3, 0.4) is 0 Å². The maximum absolute atomic E-state index is 13.2. The number of hydrogen-bond acceptors (Lipinski definition) is 6. The maximum Gasteiger partial charge on any atom is 0.411 e. The molecule has 0 unspecified atom stereocenters. The van der Waals surface area contributed by atoms with Crippen LogP contribution in [0.4, 0.5) is 10.5 Å². The molecule has 0 fully saturated rings. The Morgan fingerprint density at radius 1 is 1.09 bits per heavy atom. The summed E-state index contributed by atoms with van der Waals surface area (Å²) in [6, 6.07) is 11.4. The van der Waals surface area contributed by atoms with Gasteiger partial charge in [0.1, 0.15) is 23.4 Å². The Labute approximate surface area is 186 Å². The summed E-state index contributed by atoms with van der Waals surface area (Å²) in [6.07, 6.45) is 2.88. The number of ether oxygens (including phenoxy) is 3. The molecule has 9 nitrogen and oxygen atoms in total. The van der Waals surface area contributed by atoms with Crippen molar-refractivity contribution < 1.29 is 23.8 Å². The predicted octanol–water partition coefficient (Wildman–Crippen LogP) is 3.53. The molecule has 0 bridgehead atoms. The zero-order chi connectivity index (χ0) is 23.1. The first-order valence-corrected chi connectivity index (χ1v) is 10.00. The second-order valence-corrected chi connectivity index (χ2v) is 6.88. The largest absolute Gasteiger partial charge is 0.497 e. The van der Waals surface area contributed by atoms with Gasteiger partial charge in [0.25, 0.3) is 5.91 Å². The van der Waals surface area contributed by atoms with E-state index in [9.17, 15) is 9.59 Å². The summed E-state index contributed by atoms with van der Waals surface area (Å²) in [5, 5.41) is 5.62. The Hall–Kier alpha value is -4.01. The molecule has 3 aromatic rings. The third-order valence-corrected chi connectivity index (χ3v) is 4.75. The molecular weight excluding hydrogens is 412 g/mol. The normalized spacial score (nSPS) is 11.4. The zero-order valence-corrected chi connectivity index (χ0v) is 18.4. The van der Waals surface area contributed by atoms with Crippen LogP contribution >= 0.6 is 0 Å². The van der Waals surface area contributed by atoms with Crippen molar-refractivity contribution in [2.24, 2.45) is 7.05 Å². The molecule has 32 heavy (non-hydrogen) atoms. The highest BCUT2D eigenvalue weighted by atomic mass is 16.5. The highest BCUT2D eigenvalue weighted by molar-refractivity contribution is 5.96. The van der Waals surface area contributed by atoms with Gasteiger partial charge in [0.05, 0.1) is 20.8 Å². The van der Waals surface area contributed by atoms with Gasteiger partial charge in [-0.25, -0.2) is 9.78 Å². The van der Waals surface area contributed by atoms with Gasteiger partial charge < -0.3 is 24.1 Å². The number of methoxy groups -OCH3 is 2. The fourth-order valence-corrected chi connectivity index (χ4v) is 3.19. The van der Waals surface area contributed by atoms with E-state index in [-0.39, 0.29) is 12.5 Å². The number of carbonyl (C=O) groups excluding carboxylic acids is 2. The molecule has 9 heteroatoms. The average Bonchev–Trinajstić information content (AvgIpc) is 3.22. The lowest BCUT2D eigenvalue weighted by Gasteiger charge is -2.21. The lowest BCUT2D eigenvalue weighted by molar-refractivity contribution is 0.0941. The number of hydrogen-bond donors (Lipinski definition) is 2. The first kappa shape index (κ1) is 22.7. The van der Waals surface area contributed by atoms with Gasteiger partial charge in [-0.3, -0.25) is 10.1 Å². The van der Waals surface area contributed by atoms with Crippen molar-refractivity contribution in [3.8, 4) is 11.5 Å². The Bertz CT molecular complexity index is 1070. The number of rotatable bonds is 8. The van der Waals surface area contributed by atoms with Crippen LogP contribution in [-0.4, -0.2) is 42.4 Å². The molecule has 1 atom stereocenters. The number of benzene rings is 2. The standard InChI is InChI=1S/C23H26N4O5/c1-5-32-23(29)25-17-8-6-7-15(11-17)22(28)26-20(21-24-9-10-27(21)2)16-12-18(30-3)14-19(13-16)31-4/h6-14,20H,5H2,1-4H3,(H,25,29)(H,26,28)/t20-/m1/s1. The zero-order valence-electron chi connectivity index (χ0n) is 18.4. The summed E-state index contributed by atoms with van der Waals surface area (Å²) in [5.74, 6) is 1.48. The molecule has 0 aliphatic carbocycles. The number of aryl methyl sites for hydroxylation is 1. The van der Waals surface area contributed by atoms with Crippen LogP contribution in [0.15, 0.2) is 54.9 Å². The van der Waals surface area contributed by atoms with Crippen molar-refractivity contribution in [2.45, 2.75) is 13.0 Å². The lowest BCUT2D eigenvalue weighted by Crippen LogP contribution is -2.31. The monoisotopic (exact) mass is 438 g/mol. The molecule has 0 spiro atoms. The van der Waals surface area contributed by atoms with Crippen molar-refractivity contribution in [2.75, 3.05) is 26.1 Å². The number of carbonyl (C=O) groups is 2. The van der Waals surface area contributed by atoms with Gasteiger partial charge >= 0.3 is 6.09 Å². The van der Waals surface area contributed by atoms with E-state index in [1.165, 1.54) is 0 Å². The lowest BCUT2D eigenvalue weighted by atomic mass is 10.0. The van der Waals surface area contributed by atoms with Crippen LogP contribution in [-0.2, 0) is 11.8 Å². The Balaban J connectivity index is 1.92. The Morgan fingerprint density at radius 2 is 1.81 bits per heavy atom. The van der Waals surface area contributed by atoms with Gasteiger partial charge in [-0.1, -0.05) is 6.07 Å². The highest BCUT2D eigenvalue weighted by Crippen LogP contribution is 2.29. The molecule has 2 N–H and O–H groups in total. The van der Waals surface area contributed by atoms with Crippen molar-refractivity contribution in [1.29, 1.82) is 0 Å². The van der Waals surface area contributed by atoms with Gasteiger partial charge in [0, 0.05) is 36.8 Å². The number of amides is 2. The molecule has 0 saturated carbocycles. The SMILES string of the molecule is CCOC(=O)Nc1cccc(C(=O)N[C@H](c2cc(OC)cc(OC)c2)c2nccn2C)c1. The summed E-state index contributed by atoms with van der Waals surface area (Å²) >= 11 is 0. The summed E-state index contributed by atoms with van der Waals surface area (Å²) < 4.78 is 17.5. The van der Waals surface area contributed by atoms with Gasteiger partial charge in [-0.2, -0.15) is 0 Å². The van der Waals surface area contributed by atoms with E-state index in [0.29, 0.717) is 28.6 Å². The molecule has 168 valence electrons. The van der Waals surface area contributed by atoms with E-state index in [4.69, 9.17) is 14.2 Å².